The molecule has 0 fully saturated rings. The lowest BCUT2D eigenvalue weighted by Crippen LogP contribution is -2.11. The summed E-state index contributed by atoms with van der Waals surface area (Å²) in [5, 5.41) is 14.5. The summed E-state index contributed by atoms with van der Waals surface area (Å²) >= 11 is 0. The first-order valence-corrected chi connectivity index (χ1v) is 21.3. The molecule has 0 N–H and O–H groups in total. The molecule has 0 amide bonds. The fourth-order valence-corrected chi connectivity index (χ4v) is 10.2. The highest BCUT2D eigenvalue weighted by molar-refractivity contribution is 6.36. The maximum absolute atomic E-state index is 7.01. The molecule has 0 aliphatic heterocycles. The van der Waals surface area contributed by atoms with Gasteiger partial charge in [0.15, 0.2) is 0 Å². The molecular weight excluding hydrogens is 751 g/mol. The number of rotatable bonds is 6. The maximum Gasteiger partial charge on any atom is 0.143 e. The van der Waals surface area contributed by atoms with Crippen LogP contribution in [0.4, 0.5) is 17.1 Å². The van der Waals surface area contributed by atoms with Gasteiger partial charge in [0.25, 0.3) is 0 Å². The molecule has 0 aliphatic carbocycles. The third kappa shape index (κ3) is 5.23. The van der Waals surface area contributed by atoms with E-state index in [1.165, 1.54) is 81.7 Å². The molecule has 0 saturated carbocycles. The van der Waals surface area contributed by atoms with Gasteiger partial charge in [0.05, 0.1) is 5.69 Å². The Morgan fingerprint density at radius 2 is 0.742 bits per heavy atom. The minimum atomic E-state index is 0.894. The number of hydrogen-bond donors (Lipinski definition) is 0. The van der Waals surface area contributed by atoms with Gasteiger partial charge in [-0.1, -0.05) is 188 Å². The fraction of sp³-hybridized carbons (Fsp3) is 0. The molecule has 62 heavy (non-hydrogen) atoms. The zero-order chi connectivity index (χ0) is 40.7. The summed E-state index contributed by atoms with van der Waals surface area (Å²) in [6, 6.07) is 81.6. The van der Waals surface area contributed by atoms with E-state index in [4.69, 9.17) is 4.42 Å². The normalized spacial score (nSPS) is 11.9. The molecular formula is C60H37NO. The Labute approximate surface area is 358 Å². The van der Waals surface area contributed by atoms with Gasteiger partial charge in [-0.2, -0.15) is 0 Å². The molecule has 0 atom stereocenters. The molecule has 0 unspecified atom stereocenters. The molecule has 288 valence electrons. The second-order valence-electron chi connectivity index (χ2n) is 16.4. The average molecular weight is 788 g/mol. The SMILES string of the molecule is c1ccc(-c2ccc(N(c3ccc(-c4ccccc4)cc3)c3c4ccccc4c(-c4ccc5c(c4)oc4c6cccc7ccc8cccc(c54)c8c76)c4ccccc34)cc2)cc1. The number of fused-ring (bicyclic) bond motifs is 7. The van der Waals surface area contributed by atoms with Crippen molar-refractivity contribution in [3.63, 3.8) is 0 Å². The topological polar surface area (TPSA) is 16.4 Å². The highest BCUT2D eigenvalue weighted by atomic mass is 16.3. The van der Waals surface area contributed by atoms with Gasteiger partial charge < -0.3 is 9.32 Å². The number of anilines is 3. The van der Waals surface area contributed by atoms with Crippen LogP contribution in [0.1, 0.15) is 0 Å². The first kappa shape index (κ1) is 34.6. The van der Waals surface area contributed by atoms with Crippen LogP contribution in [0.25, 0.3) is 109 Å². The van der Waals surface area contributed by atoms with Crippen molar-refractivity contribution in [3.05, 3.63) is 224 Å². The quantitative estimate of drug-likeness (QED) is 0.123. The van der Waals surface area contributed by atoms with Crippen LogP contribution >= 0.6 is 0 Å². The summed E-state index contributed by atoms with van der Waals surface area (Å²) < 4.78 is 7.01. The van der Waals surface area contributed by atoms with Crippen LogP contribution in [0.3, 0.4) is 0 Å². The van der Waals surface area contributed by atoms with Gasteiger partial charge in [-0.15, -0.1) is 0 Å². The molecule has 1 heterocycles. The third-order valence-electron chi connectivity index (χ3n) is 13.0. The standard InChI is InChI=1S/C60H37NO/c1-3-13-38(14-4-1)40-27-32-45(33-28-40)61(46-34-29-41(30-35-46)39-15-5-2-6-16-39)59-49-21-9-7-19-47(49)55(48-20-8-10-22-50(48)59)44-31-36-51-54(37-44)62-60-53-24-12-18-43-26-25-42-17-11-23-52(58(51)60)56(42)57(43)53/h1-37H. The molecule has 2 heteroatoms. The Morgan fingerprint density at radius 3 is 1.31 bits per heavy atom. The van der Waals surface area contributed by atoms with Gasteiger partial charge in [-0.05, 0) is 102 Å². The van der Waals surface area contributed by atoms with Gasteiger partial charge >= 0.3 is 0 Å². The molecule has 13 aromatic rings. The lowest BCUT2D eigenvalue weighted by molar-refractivity contribution is 0.673. The van der Waals surface area contributed by atoms with E-state index in [1.807, 2.05) is 0 Å². The Kier molecular flexibility index (Phi) is 7.64. The van der Waals surface area contributed by atoms with Gasteiger partial charge in [-0.3, -0.25) is 0 Å². The minimum absolute atomic E-state index is 0.894. The monoisotopic (exact) mass is 787 g/mol. The van der Waals surface area contributed by atoms with Crippen molar-refractivity contribution in [3.8, 4) is 33.4 Å². The van der Waals surface area contributed by atoms with Crippen LogP contribution in [0.15, 0.2) is 229 Å². The number of hydrogen-bond acceptors (Lipinski definition) is 2. The largest absolute Gasteiger partial charge is 0.455 e. The molecule has 0 saturated heterocycles. The Balaban J connectivity index is 1.05. The van der Waals surface area contributed by atoms with E-state index in [9.17, 15) is 0 Å². The van der Waals surface area contributed by atoms with E-state index in [1.54, 1.807) is 0 Å². The van der Waals surface area contributed by atoms with E-state index >= 15 is 0 Å². The number of furan rings is 1. The van der Waals surface area contributed by atoms with Crippen molar-refractivity contribution in [1.29, 1.82) is 0 Å². The molecule has 0 radical (unpaired) electrons. The van der Waals surface area contributed by atoms with Crippen molar-refractivity contribution in [2.24, 2.45) is 0 Å². The van der Waals surface area contributed by atoms with E-state index < -0.39 is 0 Å². The van der Waals surface area contributed by atoms with E-state index in [0.29, 0.717) is 0 Å². The zero-order valence-corrected chi connectivity index (χ0v) is 33.7. The van der Waals surface area contributed by atoms with Crippen LogP contribution in [-0.2, 0) is 0 Å². The smallest absolute Gasteiger partial charge is 0.143 e. The van der Waals surface area contributed by atoms with Crippen molar-refractivity contribution in [2.75, 3.05) is 4.90 Å². The van der Waals surface area contributed by atoms with Crippen LogP contribution in [0.5, 0.6) is 0 Å². The second-order valence-corrected chi connectivity index (χ2v) is 16.4. The average Bonchev–Trinajstić information content (AvgIpc) is 3.74. The molecule has 12 aromatic carbocycles. The van der Waals surface area contributed by atoms with Crippen molar-refractivity contribution >= 4 is 92.9 Å². The maximum atomic E-state index is 7.01. The number of benzene rings is 12. The minimum Gasteiger partial charge on any atom is -0.455 e. The number of nitrogens with zero attached hydrogens (tertiary/aromatic N) is 1. The lowest BCUT2D eigenvalue weighted by Gasteiger charge is -2.30. The molecule has 0 bridgehead atoms. The van der Waals surface area contributed by atoms with Gasteiger partial charge in [0, 0.05) is 43.7 Å². The van der Waals surface area contributed by atoms with Crippen LogP contribution in [0, 0.1) is 0 Å². The van der Waals surface area contributed by atoms with Gasteiger partial charge in [0.2, 0.25) is 0 Å². The molecule has 2 nitrogen and oxygen atoms in total. The first-order chi connectivity index (χ1) is 30.8. The molecule has 1 aromatic heterocycles. The third-order valence-corrected chi connectivity index (χ3v) is 13.0. The van der Waals surface area contributed by atoms with E-state index in [0.717, 1.165) is 44.6 Å². The molecule has 13 rings (SSSR count). The van der Waals surface area contributed by atoms with E-state index in [2.05, 4.69) is 229 Å². The van der Waals surface area contributed by atoms with Crippen molar-refractivity contribution in [2.45, 2.75) is 0 Å². The van der Waals surface area contributed by atoms with Crippen LogP contribution in [0.2, 0.25) is 0 Å². The Bertz CT molecular complexity index is 3690. The van der Waals surface area contributed by atoms with Crippen molar-refractivity contribution in [1.82, 2.24) is 0 Å². The summed E-state index contributed by atoms with van der Waals surface area (Å²) in [5.74, 6) is 0. The highest BCUT2D eigenvalue weighted by Crippen LogP contribution is 2.50. The van der Waals surface area contributed by atoms with Gasteiger partial charge in [0.1, 0.15) is 11.2 Å². The summed E-state index contributed by atoms with van der Waals surface area (Å²) in [6.07, 6.45) is 0. The summed E-state index contributed by atoms with van der Waals surface area (Å²) in [5.41, 5.74) is 12.3. The van der Waals surface area contributed by atoms with Gasteiger partial charge in [-0.25, -0.2) is 0 Å². The summed E-state index contributed by atoms with van der Waals surface area (Å²) in [6.45, 7) is 0. The summed E-state index contributed by atoms with van der Waals surface area (Å²) in [4.78, 5) is 2.45. The van der Waals surface area contributed by atoms with Crippen LogP contribution < -0.4 is 4.90 Å². The predicted molar refractivity (Wildman–Crippen MR) is 263 cm³/mol. The second kappa shape index (κ2) is 13.7. The predicted octanol–water partition coefficient (Wildman–Crippen LogP) is 17.3. The Hall–Kier alpha value is -8.20. The summed E-state index contributed by atoms with van der Waals surface area (Å²) in [7, 11) is 0. The molecule has 0 spiro atoms. The van der Waals surface area contributed by atoms with E-state index in [-0.39, 0.29) is 0 Å². The van der Waals surface area contributed by atoms with Crippen molar-refractivity contribution < 1.29 is 4.42 Å². The highest BCUT2D eigenvalue weighted by Gasteiger charge is 2.24. The fourth-order valence-electron chi connectivity index (χ4n) is 10.2. The first-order valence-electron chi connectivity index (χ1n) is 21.3. The Morgan fingerprint density at radius 1 is 0.290 bits per heavy atom. The van der Waals surface area contributed by atoms with Crippen LogP contribution in [-0.4, -0.2) is 0 Å². The zero-order valence-electron chi connectivity index (χ0n) is 33.7. The molecule has 0 aliphatic rings. The lowest BCUT2D eigenvalue weighted by atomic mass is 9.89.